The second kappa shape index (κ2) is 3.94. The molecule has 4 nitrogen and oxygen atoms in total. The number of thiol groups is 1. The molecule has 0 aromatic heterocycles. The Labute approximate surface area is 63.7 Å². The van der Waals surface area contributed by atoms with Gasteiger partial charge >= 0.3 is 5.97 Å². The number of rotatable bonds is 2. The average Bonchev–Trinajstić information content (AvgIpc) is 1.85. The van der Waals surface area contributed by atoms with Gasteiger partial charge in [0.05, 0.1) is 7.11 Å². The molecule has 0 unspecified atom stereocenters. The van der Waals surface area contributed by atoms with Gasteiger partial charge in [-0.15, -0.1) is 0 Å². The van der Waals surface area contributed by atoms with E-state index in [1.807, 2.05) is 5.32 Å². The molecule has 0 aliphatic rings. The Bertz CT molecular complexity index is 178. The Morgan fingerprint density at radius 2 is 2.10 bits per heavy atom. The van der Waals surface area contributed by atoms with Crippen molar-refractivity contribution in [2.24, 2.45) is 0 Å². The fourth-order valence-electron chi connectivity index (χ4n) is 0.303. The highest BCUT2D eigenvalue weighted by atomic mass is 32.1. The maximum absolute atomic E-state index is 10.5. The number of hydrogen-bond donors (Lipinski definition) is 2. The van der Waals surface area contributed by atoms with E-state index < -0.39 is 11.2 Å². The molecule has 0 atom stereocenters. The second-order valence-electron chi connectivity index (χ2n) is 1.40. The summed E-state index contributed by atoms with van der Waals surface area (Å²) < 4.78 is 4.23. The van der Waals surface area contributed by atoms with Gasteiger partial charge in [0.15, 0.2) is 0 Å². The lowest BCUT2D eigenvalue weighted by molar-refractivity contribution is -0.136. The highest BCUT2D eigenvalue weighted by Crippen LogP contribution is 1.89. The van der Waals surface area contributed by atoms with Crippen molar-refractivity contribution in [2.75, 3.05) is 7.11 Å². The third-order valence-corrected chi connectivity index (χ3v) is 0.801. The zero-order valence-electron chi connectivity index (χ0n) is 5.38. The smallest absolute Gasteiger partial charge is 0.353 e. The first kappa shape index (κ1) is 9.03. The molecule has 0 bridgehead atoms. The Kier molecular flexibility index (Phi) is 3.56. The largest absolute Gasteiger partial charge is 0.464 e. The van der Waals surface area contributed by atoms with Crippen LogP contribution in [0.15, 0.2) is 12.3 Å². The van der Waals surface area contributed by atoms with E-state index in [4.69, 9.17) is 0 Å². The van der Waals surface area contributed by atoms with Crippen LogP contribution in [0, 0.1) is 0 Å². The molecule has 0 aliphatic heterocycles. The van der Waals surface area contributed by atoms with Gasteiger partial charge in [-0.25, -0.2) is 4.79 Å². The zero-order chi connectivity index (χ0) is 8.15. The number of ether oxygens (including phenoxy) is 1. The van der Waals surface area contributed by atoms with E-state index in [0.717, 1.165) is 0 Å². The number of esters is 1. The van der Waals surface area contributed by atoms with Crippen LogP contribution < -0.4 is 5.32 Å². The molecule has 5 heteroatoms. The molecule has 0 saturated carbocycles. The van der Waals surface area contributed by atoms with Gasteiger partial charge in [0.2, 0.25) is 0 Å². The van der Waals surface area contributed by atoms with Crippen molar-refractivity contribution >= 4 is 23.8 Å². The van der Waals surface area contributed by atoms with Crippen LogP contribution in [0.25, 0.3) is 0 Å². The SMILES string of the molecule is C=C(NC(=O)S)C(=O)OC. The van der Waals surface area contributed by atoms with Gasteiger partial charge in [-0.05, 0) is 0 Å². The summed E-state index contributed by atoms with van der Waals surface area (Å²) >= 11 is 3.35. The maximum atomic E-state index is 10.5. The molecule has 0 aliphatic carbocycles. The number of hydrogen-bond acceptors (Lipinski definition) is 3. The first-order valence-electron chi connectivity index (χ1n) is 2.35. The van der Waals surface area contributed by atoms with Gasteiger partial charge in [0.25, 0.3) is 5.24 Å². The van der Waals surface area contributed by atoms with Crippen LogP contribution in [0.5, 0.6) is 0 Å². The summed E-state index contributed by atoms with van der Waals surface area (Å²) in [6.07, 6.45) is 0. The highest BCUT2D eigenvalue weighted by Gasteiger charge is 2.06. The van der Waals surface area contributed by atoms with Crippen LogP contribution in [0.3, 0.4) is 0 Å². The molecular formula is C5H7NO3S. The summed E-state index contributed by atoms with van der Waals surface area (Å²) in [7, 11) is 1.19. The van der Waals surface area contributed by atoms with Gasteiger partial charge < -0.3 is 10.1 Å². The van der Waals surface area contributed by atoms with Gasteiger partial charge in [0, 0.05) is 0 Å². The number of nitrogens with one attached hydrogen (secondary N) is 1. The van der Waals surface area contributed by atoms with Crippen molar-refractivity contribution in [2.45, 2.75) is 0 Å². The molecule has 0 spiro atoms. The summed E-state index contributed by atoms with van der Waals surface area (Å²) in [6, 6.07) is 0. The van der Waals surface area contributed by atoms with Crippen molar-refractivity contribution in [1.82, 2.24) is 5.32 Å². The van der Waals surface area contributed by atoms with Crippen molar-refractivity contribution in [3.63, 3.8) is 0 Å². The summed E-state index contributed by atoms with van der Waals surface area (Å²) in [5.74, 6) is -0.678. The third-order valence-electron chi connectivity index (χ3n) is 0.690. The predicted molar refractivity (Wildman–Crippen MR) is 38.7 cm³/mol. The second-order valence-corrected chi connectivity index (χ2v) is 1.81. The van der Waals surface area contributed by atoms with Gasteiger partial charge in [-0.3, -0.25) is 4.79 Å². The van der Waals surface area contributed by atoms with E-state index in [1.54, 1.807) is 0 Å². The topological polar surface area (TPSA) is 55.4 Å². The van der Waals surface area contributed by atoms with Gasteiger partial charge in [-0.2, -0.15) is 0 Å². The molecule has 10 heavy (non-hydrogen) atoms. The van der Waals surface area contributed by atoms with Crippen LogP contribution in [0.2, 0.25) is 0 Å². The van der Waals surface area contributed by atoms with Crippen molar-refractivity contribution in [3.8, 4) is 0 Å². The summed E-state index contributed by atoms with van der Waals surface area (Å²) in [6.45, 7) is 3.21. The van der Waals surface area contributed by atoms with Crippen molar-refractivity contribution < 1.29 is 14.3 Å². The quantitative estimate of drug-likeness (QED) is 0.348. The van der Waals surface area contributed by atoms with Gasteiger partial charge in [-0.1, -0.05) is 19.2 Å². The molecular weight excluding hydrogens is 154 g/mol. The minimum atomic E-state index is -0.678. The van der Waals surface area contributed by atoms with E-state index in [0.29, 0.717) is 0 Å². The molecule has 1 amide bonds. The normalized spacial score (nSPS) is 8.20. The van der Waals surface area contributed by atoms with Crippen LogP contribution in [0.4, 0.5) is 4.79 Å². The predicted octanol–water partition coefficient (Wildman–Crippen LogP) is 0.313. The standard InChI is InChI=1S/C5H7NO3S/c1-3(4(7)9-2)6-5(8)10/h1H2,2H3,(H2,6,8,10). The van der Waals surface area contributed by atoms with E-state index in [-0.39, 0.29) is 5.70 Å². The zero-order valence-corrected chi connectivity index (χ0v) is 6.27. The lowest BCUT2D eigenvalue weighted by Gasteiger charge is -2.00. The fourth-order valence-corrected chi connectivity index (χ4v) is 0.438. The van der Waals surface area contributed by atoms with Crippen molar-refractivity contribution in [1.29, 1.82) is 0 Å². The Morgan fingerprint density at radius 3 is 2.40 bits per heavy atom. The van der Waals surface area contributed by atoms with Crippen LogP contribution >= 0.6 is 12.6 Å². The van der Waals surface area contributed by atoms with Crippen LogP contribution in [-0.2, 0) is 9.53 Å². The van der Waals surface area contributed by atoms with Gasteiger partial charge in [0.1, 0.15) is 5.70 Å². The molecule has 0 aromatic rings. The van der Waals surface area contributed by atoms with Crippen LogP contribution in [0.1, 0.15) is 0 Å². The molecule has 0 rings (SSSR count). The maximum Gasteiger partial charge on any atom is 0.353 e. The molecule has 1 N–H and O–H groups in total. The molecule has 0 radical (unpaired) electrons. The van der Waals surface area contributed by atoms with Crippen molar-refractivity contribution in [3.05, 3.63) is 12.3 Å². The molecule has 0 aromatic carbocycles. The molecule has 0 heterocycles. The fraction of sp³-hybridized carbons (Fsp3) is 0.200. The molecule has 56 valence electrons. The van der Waals surface area contributed by atoms with Crippen LogP contribution in [-0.4, -0.2) is 18.3 Å². The van der Waals surface area contributed by atoms with E-state index in [9.17, 15) is 9.59 Å². The average molecular weight is 161 g/mol. The lowest BCUT2D eigenvalue weighted by Crippen LogP contribution is -2.22. The monoisotopic (exact) mass is 161 g/mol. The summed E-state index contributed by atoms with van der Waals surface area (Å²) in [5, 5.41) is 1.41. The lowest BCUT2D eigenvalue weighted by atomic mass is 10.5. The number of carbonyl (C=O) groups excluding carboxylic acids is 2. The number of amides is 1. The first-order chi connectivity index (χ1) is 4.57. The Morgan fingerprint density at radius 1 is 1.60 bits per heavy atom. The number of carbonyl (C=O) groups is 2. The summed E-state index contributed by atoms with van der Waals surface area (Å²) in [4.78, 5) is 20.6. The number of methoxy groups -OCH3 is 1. The Balaban J connectivity index is 3.86. The minimum absolute atomic E-state index is 0.123. The minimum Gasteiger partial charge on any atom is -0.464 e. The third kappa shape index (κ3) is 3.13. The van der Waals surface area contributed by atoms with E-state index in [1.165, 1.54) is 7.11 Å². The van der Waals surface area contributed by atoms with E-state index >= 15 is 0 Å². The van der Waals surface area contributed by atoms with E-state index in [2.05, 4.69) is 23.9 Å². The Hall–Kier alpha value is -0.970. The molecule has 0 fully saturated rings. The highest BCUT2D eigenvalue weighted by molar-refractivity contribution is 7.96. The summed E-state index contributed by atoms with van der Waals surface area (Å²) in [5.41, 5.74) is -0.123. The first-order valence-corrected chi connectivity index (χ1v) is 2.79. The molecule has 0 saturated heterocycles.